The zero-order chi connectivity index (χ0) is 18.9. The van der Waals surface area contributed by atoms with E-state index in [9.17, 15) is 4.79 Å². The maximum absolute atomic E-state index is 11.1. The second kappa shape index (κ2) is 7.03. The number of carbonyl (C=O) groups is 1. The number of nitrogens with zero attached hydrogens (tertiary/aromatic N) is 2. The average molecular weight is 375 g/mol. The minimum Gasteiger partial charge on any atom is -0.443 e. The number of halogens is 1. The number of benzene rings is 1. The molecule has 7 heteroatoms. The highest BCUT2D eigenvalue weighted by atomic mass is 35.5. The molecule has 1 saturated heterocycles. The number of nitrogen functional groups attached to an aromatic ring is 1. The first-order chi connectivity index (χ1) is 12.3. The predicted octanol–water partition coefficient (Wildman–Crippen LogP) is 3.75. The van der Waals surface area contributed by atoms with Gasteiger partial charge in [0, 0.05) is 31.6 Å². The van der Waals surface area contributed by atoms with Crippen molar-refractivity contribution in [2.24, 2.45) is 5.73 Å². The number of aromatic nitrogens is 1. The fourth-order valence-corrected chi connectivity index (χ4v) is 3.51. The Hall–Kier alpha value is -2.47. The number of anilines is 2. The highest BCUT2D eigenvalue weighted by Gasteiger charge is 2.33. The van der Waals surface area contributed by atoms with Gasteiger partial charge in [0.25, 0.3) is 0 Å². The number of primary amides is 1. The monoisotopic (exact) mass is 374 g/mol. The molecule has 3 rings (SSSR count). The summed E-state index contributed by atoms with van der Waals surface area (Å²) in [7, 11) is 0. The molecule has 6 nitrogen and oxygen atoms in total. The van der Waals surface area contributed by atoms with Gasteiger partial charge in [0.15, 0.2) is 0 Å². The highest BCUT2D eigenvalue weighted by molar-refractivity contribution is 6.29. The van der Waals surface area contributed by atoms with Crippen LogP contribution in [0.3, 0.4) is 0 Å². The second-order valence-corrected chi connectivity index (χ2v) is 7.36. The topological polar surface area (TPSA) is 94.5 Å². The van der Waals surface area contributed by atoms with Crippen molar-refractivity contribution >= 4 is 29.2 Å². The number of hydrogen-bond acceptors (Lipinski definition) is 5. The van der Waals surface area contributed by atoms with Gasteiger partial charge in [-0.15, -0.1) is 0 Å². The van der Waals surface area contributed by atoms with Gasteiger partial charge >= 0.3 is 6.09 Å². The predicted molar refractivity (Wildman–Crippen MR) is 104 cm³/mol. The molecule has 1 aliphatic rings. The summed E-state index contributed by atoms with van der Waals surface area (Å²) in [6.45, 7) is 5.34. The molecule has 2 aromatic rings. The number of hydrogen-bond donors (Lipinski definition) is 2. The van der Waals surface area contributed by atoms with Crippen LogP contribution in [0.4, 0.5) is 16.3 Å². The molecule has 0 spiro atoms. The van der Waals surface area contributed by atoms with Gasteiger partial charge in [0.05, 0.1) is 0 Å². The minimum absolute atomic E-state index is 0.432. The first kappa shape index (κ1) is 18.3. The van der Waals surface area contributed by atoms with Crippen LogP contribution in [0.5, 0.6) is 0 Å². The van der Waals surface area contributed by atoms with Crippen molar-refractivity contribution in [3.63, 3.8) is 0 Å². The summed E-state index contributed by atoms with van der Waals surface area (Å²) >= 11 is 6.28. The number of ether oxygens (including phenoxy) is 1. The Morgan fingerprint density at radius 2 is 1.96 bits per heavy atom. The number of nitrogens with two attached hydrogens (primary N) is 2. The third-order valence-corrected chi connectivity index (χ3v) is 5.04. The lowest BCUT2D eigenvalue weighted by molar-refractivity contribution is 0.0126. The van der Waals surface area contributed by atoms with Gasteiger partial charge in [0.2, 0.25) is 0 Å². The Labute approximate surface area is 158 Å². The van der Waals surface area contributed by atoms with Gasteiger partial charge in [-0.3, -0.25) is 0 Å². The van der Waals surface area contributed by atoms with Crippen molar-refractivity contribution in [3.05, 3.63) is 41.0 Å². The van der Waals surface area contributed by atoms with E-state index in [0.29, 0.717) is 36.8 Å². The van der Waals surface area contributed by atoms with E-state index >= 15 is 0 Å². The van der Waals surface area contributed by atoms with Crippen LogP contribution in [0.25, 0.3) is 11.1 Å². The number of aryl methyl sites for hydroxylation is 1. The molecule has 1 aromatic heterocycles. The Bertz CT molecular complexity index is 832. The summed E-state index contributed by atoms with van der Waals surface area (Å²) in [6, 6.07) is 9.68. The number of rotatable bonds is 3. The lowest BCUT2D eigenvalue weighted by atomic mass is 9.93. The lowest BCUT2D eigenvalue weighted by Crippen LogP contribution is -2.46. The van der Waals surface area contributed by atoms with E-state index < -0.39 is 11.7 Å². The summed E-state index contributed by atoms with van der Waals surface area (Å²) in [4.78, 5) is 17.7. The third kappa shape index (κ3) is 4.02. The molecule has 0 unspecified atom stereocenters. The van der Waals surface area contributed by atoms with Crippen molar-refractivity contribution in [2.45, 2.75) is 32.3 Å². The Balaban J connectivity index is 1.85. The Morgan fingerprint density at radius 1 is 1.27 bits per heavy atom. The van der Waals surface area contributed by atoms with E-state index in [1.54, 1.807) is 0 Å². The van der Waals surface area contributed by atoms with Gasteiger partial charge in [0.1, 0.15) is 16.6 Å². The average Bonchev–Trinajstić information content (AvgIpc) is 2.56. The van der Waals surface area contributed by atoms with Crippen LogP contribution in [0.15, 0.2) is 30.3 Å². The molecule has 4 N–H and O–H groups in total. The molecule has 2 heterocycles. The zero-order valence-corrected chi connectivity index (χ0v) is 15.7. The minimum atomic E-state index is -0.735. The van der Waals surface area contributed by atoms with Crippen LogP contribution in [0, 0.1) is 6.92 Å². The van der Waals surface area contributed by atoms with Crippen molar-refractivity contribution in [2.75, 3.05) is 23.7 Å². The molecule has 1 fully saturated rings. The lowest BCUT2D eigenvalue weighted by Gasteiger charge is -2.39. The molecule has 138 valence electrons. The van der Waals surface area contributed by atoms with Crippen LogP contribution in [-0.4, -0.2) is 29.8 Å². The van der Waals surface area contributed by atoms with E-state index in [1.807, 2.05) is 44.2 Å². The fraction of sp³-hybridized carbons (Fsp3) is 0.368. The van der Waals surface area contributed by atoms with Crippen molar-refractivity contribution in [3.8, 4) is 11.1 Å². The van der Waals surface area contributed by atoms with Gasteiger partial charge in [-0.2, -0.15) is 0 Å². The van der Waals surface area contributed by atoms with Crippen molar-refractivity contribution < 1.29 is 9.53 Å². The summed E-state index contributed by atoms with van der Waals surface area (Å²) in [5.74, 6) is 0.801. The Kier molecular flexibility index (Phi) is 4.96. The van der Waals surface area contributed by atoms with Crippen LogP contribution in [0.2, 0.25) is 5.15 Å². The zero-order valence-electron chi connectivity index (χ0n) is 15.0. The van der Waals surface area contributed by atoms with E-state index in [-0.39, 0.29) is 0 Å². The maximum Gasteiger partial charge on any atom is 0.405 e. The summed E-state index contributed by atoms with van der Waals surface area (Å²) in [5, 5.41) is 0.432. The molecule has 0 saturated carbocycles. The van der Waals surface area contributed by atoms with Gasteiger partial charge < -0.3 is 21.1 Å². The Morgan fingerprint density at radius 3 is 2.62 bits per heavy atom. The molecule has 1 amide bonds. The van der Waals surface area contributed by atoms with Gasteiger partial charge in [-0.05, 0) is 54.8 Å². The normalized spacial score (nSPS) is 16.3. The number of carbonyl (C=O) groups excluding carboxylic acids is 1. The maximum atomic E-state index is 11.1. The van der Waals surface area contributed by atoms with E-state index in [4.69, 9.17) is 27.8 Å². The first-order valence-corrected chi connectivity index (χ1v) is 8.91. The van der Waals surface area contributed by atoms with Gasteiger partial charge in [-0.1, -0.05) is 17.7 Å². The molecule has 26 heavy (non-hydrogen) atoms. The largest absolute Gasteiger partial charge is 0.443 e. The molecule has 0 radical (unpaired) electrons. The quantitative estimate of drug-likeness (QED) is 0.630. The molecule has 1 aliphatic heterocycles. The third-order valence-electron chi connectivity index (χ3n) is 4.85. The molecular formula is C19H23ClN4O2. The van der Waals surface area contributed by atoms with Crippen LogP contribution in [0.1, 0.15) is 25.3 Å². The highest BCUT2D eigenvalue weighted by Crippen LogP contribution is 2.33. The van der Waals surface area contributed by atoms with Crippen molar-refractivity contribution in [1.82, 2.24) is 4.98 Å². The van der Waals surface area contributed by atoms with Crippen LogP contribution < -0.4 is 16.4 Å². The van der Waals surface area contributed by atoms with Crippen LogP contribution in [-0.2, 0) is 4.74 Å². The standard InChI is InChI=1S/C19H23ClN4O2/c1-12-3-4-14(21)11-15(12)13-9-16(20)23-17(10-13)24-7-5-19(2,6-8-24)26-18(22)25/h3-4,9-11H,5-8,21H2,1-2H3,(H2,22,25). The summed E-state index contributed by atoms with van der Waals surface area (Å²) in [6.07, 6.45) is 0.620. The number of piperidine rings is 1. The molecule has 0 aliphatic carbocycles. The summed E-state index contributed by atoms with van der Waals surface area (Å²) in [5.41, 5.74) is 14.4. The molecular weight excluding hydrogens is 352 g/mol. The smallest absolute Gasteiger partial charge is 0.405 e. The number of pyridine rings is 1. The number of amides is 1. The van der Waals surface area contributed by atoms with Gasteiger partial charge in [-0.25, -0.2) is 9.78 Å². The first-order valence-electron chi connectivity index (χ1n) is 8.53. The molecule has 0 atom stereocenters. The fourth-order valence-electron chi connectivity index (χ4n) is 3.30. The second-order valence-electron chi connectivity index (χ2n) is 6.97. The SMILES string of the molecule is Cc1ccc(N)cc1-c1cc(Cl)nc(N2CCC(C)(OC(N)=O)CC2)c1. The molecule has 0 bridgehead atoms. The summed E-state index contributed by atoms with van der Waals surface area (Å²) < 4.78 is 5.26. The van der Waals surface area contributed by atoms with Crippen LogP contribution >= 0.6 is 11.6 Å². The van der Waals surface area contributed by atoms with E-state index in [2.05, 4.69) is 9.88 Å². The van der Waals surface area contributed by atoms with Crippen molar-refractivity contribution in [1.29, 1.82) is 0 Å². The van der Waals surface area contributed by atoms with E-state index in [0.717, 1.165) is 22.5 Å². The molecule has 1 aromatic carbocycles. The van der Waals surface area contributed by atoms with E-state index in [1.165, 1.54) is 0 Å².